The Morgan fingerprint density at radius 1 is 1.21 bits per heavy atom. The van der Waals surface area contributed by atoms with Gasteiger partial charge >= 0.3 is 0 Å². The van der Waals surface area contributed by atoms with Crippen molar-refractivity contribution in [2.75, 3.05) is 0 Å². The van der Waals surface area contributed by atoms with Crippen molar-refractivity contribution >= 4 is 57.4 Å². The third kappa shape index (κ3) is 1.79. The molecule has 5 heterocycles. The molecule has 24 heavy (non-hydrogen) atoms. The molecule has 124 valence electrons. The number of hydrogen-bond acceptors (Lipinski definition) is 6. The minimum atomic E-state index is 0.213. The molecule has 0 saturated carbocycles. The molecule has 0 amide bonds. The van der Waals surface area contributed by atoms with Crippen molar-refractivity contribution in [3.63, 3.8) is 0 Å². The molecule has 0 saturated heterocycles. The molecular formula is C14H14N6OS3. The third-order valence-electron chi connectivity index (χ3n) is 4.60. The highest BCUT2D eigenvalue weighted by Gasteiger charge is 2.29. The summed E-state index contributed by atoms with van der Waals surface area (Å²) in [5.74, 6) is 1.12. The summed E-state index contributed by atoms with van der Waals surface area (Å²) in [5, 5.41) is 15.7. The third-order valence-corrected chi connectivity index (χ3v) is 6.34. The number of ether oxygens (including phenoxy) is 1. The number of aromatic nitrogens is 6. The maximum absolute atomic E-state index is 6.03. The van der Waals surface area contributed by atoms with E-state index in [1.54, 1.807) is 11.3 Å². The van der Waals surface area contributed by atoms with Crippen molar-refractivity contribution < 1.29 is 4.74 Å². The van der Waals surface area contributed by atoms with E-state index in [2.05, 4.69) is 34.2 Å². The monoisotopic (exact) mass is 378 g/mol. The van der Waals surface area contributed by atoms with Gasteiger partial charge in [-0.1, -0.05) is 13.8 Å². The maximum atomic E-state index is 6.03. The fourth-order valence-corrected chi connectivity index (χ4v) is 5.10. The van der Waals surface area contributed by atoms with Crippen LogP contribution >= 0.6 is 35.8 Å². The highest BCUT2D eigenvalue weighted by Crippen LogP contribution is 2.39. The minimum absolute atomic E-state index is 0.213. The Hall–Kier alpha value is -1.62. The van der Waals surface area contributed by atoms with Gasteiger partial charge < -0.3 is 4.74 Å². The lowest BCUT2D eigenvalue weighted by atomic mass is 9.96. The Bertz CT molecular complexity index is 1220. The SMILES string of the molecule is CC(C)[C@@H]1Cc2c(sc3c2c2n[nH]c(=S)n2c2n[nH]c(=S)n32)CO1. The molecule has 1 aliphatic heterocycles. The molecule has 10 heteroatoms. The van der Waals surface area contributed by atoms with Crippen molar-refractivity contribution in [1.29, 1.82) is 0 Å². The summed E-state index contributed by atoms with van der Waals surface area (Å²) in [6, 6.07) is 0. The van der Waals surface area contributed by atoms with Gasteiger partial charge in [-0.15, -0.1) is 16.4 Å². The van der Waals surface area contributed by atoms with Crippen LogP contribution in [0.1, 0.15) is 24.3 Å². The highest BCUT2D eigenvalue weighted by molar-refractivity contribution is 7.71. The van der Waals surface area contributed by atoms with E-state index in [0.29, 0.717) is 27.8 Å². The zero-order valence-electron chi connectivity index (χ0n) is 13.0. The zero-order chi connectivity index (χ0) is 16.6. The summed E-state index contributed by atoms with van der Waals surface area (Å²) in [4.78, 5) is 2.27. The Morgan fingerprint density at radius 3 is 2.75 bits per heavy atom. The first-order valence-corrected chi connectivity index (χ1v) is 9.31. The molecule has 4 aromatic heterocycles. The highest BCUT2D eigenvalue weighted by atomic mass is 32.1. The molecule has 0 aliphatic carbocycles. The first kappa shape index (κ1) is 14.7. The fourth-order valence-electron chi connectivity index (χ4n) is 3.36. The summed E-state index contributed by atoms with van der Waals surface area (Å²) in [6.07, 6.45) is 1.09. The van der Waals surface area contributed by atoms with E-state index in [0.717, 1.165) is 22.3 Å². The van der Waals surface area contributed by atoms with Gasteiger partial charge in [-0.05, 0) is 35.9 Å². The average Bonchev–Trinajstić information content (AvgIpc) is 3.22. The average molecular weight is 379 g/mol. The summed E-state index contributed by atoms with van der Waals surface area (Å²) in [7, 11) is 0. The Kier molecular flexibility index (Phi) is 3.03. The fraction of sp³-hybridized carbons (Fsp3) is 0.429. The van der Waals surface area contributed by atoms with Crippen LogP contribution in [0.2, 0.25) is 0 Å². The Balaban J connectivity index is 1.99. The molecule has 2 N–H and O–H groups in total. The molecule has 0 fully saturated rings. The lowest BCUT2D eigenvalue weighted by Crippen LogP contribution is -2.26. The van der Waals surface area contributed by atoms with E-state index in [4.69, 9.17) is 29.2 Å². The van der Waals surface area contributed by atoms with Gasteiger partial charge in [-0.2, -0.15) is 5.10 Å². The van der Waals surface area contributed by atoms with Crippen molar-refractivity contribution in [2.45, 2.75) is 33.0 Å². The first-order valence-electron chi connectivity index (χ1n) is 7.68. The van der Waals surface area contributed by atoms with Crippen molar-refractivity contribution in [1.82, 2.24) is 29.2 Å². The standard InChI is InChI=1S/C14H14N6OS3/c1-5(2)7-3-6-8(4-21-7)24-11-9(6)10-15-17-13(22)19(10)12-16-18-14(23)20(11)12/h5,7H,3-4H2,1-2H3,(H,17,22)(H,18,23)/t7-/m0/s1. The number of thiophene rings is 1. The number of rotatable bonds is 1. The van der Waals surface area contributed by atoms with E-state index in [1.165, 1.54) is 10.4 Å². The lowest BCUT2D eigenvalue weighted by molar-refractivity contribution is 0.00203. The predicted molar refractivity (Wildman–Crippen MR) is 96.8 cm³/mol. The zero-order valence-corrected chi connectivity index (χ0v) is 15.4. The molecule has 0 aromatic carbocycles. The van der Waals surface area contributed by atoms with E-state index in [9.17, 15) is 0 Å². The number of fused-ring (bicyclic) bond motifs is 8. The van der Waals surface area contributed by atoms with E-state index >= 15 is 0 Å². The Morgan fingerprint density at radius 2 is 1.96 bits per heavy atom. The minimum Gasteiger partial charge on any atom is -0.372 e. The van der Waals surface area contributed by atoms with Gasteiger partial charge in [0.1, 0.15) is 4.83 Å². The van der Waals surface area contributed by atoms with Gasteiger partial charge in [-0.3, -0.25) is 5.10 Å². The van der Waals surface area contributed by atoms with Crippen LogP contribution in [0.15, 0.2) is 0 Å². The van der Waals surface area contributed by atoms with Crippen LogP contribution in [0, 0.1) is 15.5 Å². The van der Waals surface area contributed by atoms with Crippen molar-refractivity contribution in [3.8, 4) is 0 Å². The van der Waals surface area contributed by atoms with Gasteiger partial charge in [-0.25, -0.2) is 13.9 Å². The van der Waals surface area contributed by atoms with Crippen LogP contribution in [0.4, 0.5) is 0 Å². The van der Waals surface area contributed by atoms with E-state index in [-0.39, 0.29) is 6.10 Å². The second-order valence-electron chi connectivity index (χ2n) is 6.33. The van der Waals surface area contributed by atoms with E-state index < -0.39 is 0 Å². The Labute approximate surface area is 150 Å². The molecule has 0 spiro atoms. The van der Waals surface area contributed by atoms with Crippen LogP contribution in [-0.2, 0) is 17.8 Å². The molecule has 5 rings (SSSR count). The number of H-pyrrole nitrogens is 2. The molecule has 0 bridgehead atoms. The number of aromatic amines is 2. The molecular weight excluding hydrogens is 364 g/mol. The molecule has 7 nitrogen and oxygen atoms in total. The summed E-state index contributed by atoms with van der Waals surface area (Å²) < 4.78 is 10.9. The quantitative estimate of drug-likeness (QED) is 0.497. The summed E-state index contributed by atoms with van der Waals surface area (Å²) in [5.41, 5.74) is 2.10. The summed E-state index contributed by atoms with van der Waals surface area (Å²) in [6.45, 7) is 5.01. The van der Waals surface area contributed by atoms with Crippen LogP contribution in [-0.4, -0.2) is 35.3 Å². The predicted octanol–water partition coefficient (Wildman–Crippen LogP) is 3.41. The smallest absolute Gasteiger partial charge is 0.243 e. The largest absolute Gasteiger partial charge is 0.372 e. The van der Waals surface area contributed by atoms with Crippen LogP contribution in [0.25, 0.3) is 21.6 Å². The van der Waals surface area contributed by atoms with Gasteiger partial charge in [0.15, 0.2) is 5.65 Å². The molecule has 1 atom stereocenters. The van der Waals surface area contributed by atoms with Crippen LogP contribution in [0.5, 0.6) is 0 Å². The van der Waals surface area contributed by atoms with Crippen molar-refractivity contribution in [2.24, 2.45) is 5.92 Å². The summed E-state index contributed by atoms with van der Waals surface area (Å²) >= 11 is 12.5. The number of nitrogens with one attached hydrogen (secondary N) is 2. The second kappa shape index (κ2) is 4.94. The van der Waals surface area contributed by atoms with E-state index in [1.807, 2.05) is 8.80 Å². The second-order valence-corrected chi connectivity index (χ2v) is 8.19. The maximum Gasteiger partial charge on any atom is 0.243 e. The van der Waals surface area contributed by atoms with Gasteiger partial charge in [0.05, 0.1) is 18.1 Å². The molecule has 1 aliphatic rings. The topological polar surface area (TPSA) is 75.4 Å². The number of nitrogens with zero attached hydrogens (tertiary/aromatic N) is 4. The lowest BCUT2D eigenvalue weighted by Gasteiger charge is -2.26. The molecule has 4 aromatic rings. The number of hydrogen-bond donors (Lipinski definition) is 2. The van der Waals surface area contributed by atoms with Crippen molar-refractivity contribution in [3.05, 3.63) is 20.0 Å². The molecule has 0 unspecified atom stereocenters. The van der Waals surface area contributed by atoms with Gasteiger partial charge in [0, 0.05) is 11.3 Å². The van der Waals surface area contributed by atoms with Crippen LogP contribution < -0.4 is 0 Å². The van der Waals surface area contributed by atoms with Crippen LogP contribution in [0.3, 0.4) is 0 Å². The van der Waals surface area contributed by atoms with Gasteiger partial charge in [0.2, 0.25) is 15.3 Å². The molecule has 0 radical (unpaired) electrons. The normalized spacial score (nSPS) is 18.2. The van der Waals surface area contributed by atoms with Gasteiger partial charge in [0.25, 0.3) is 0 Å². The first-order chi connectivity index (χ1) is 11.6.